The van der Waals surface area contributed by atoms with Gasteiger partial charge in [-0.3, -0.25) is 24.9 Å². The minimum Gasteiger partial charge on any atom is -0.419 e. The van der Waals surface area contributed by atoms with Crippen LogP contribution in [0.4, 0.5) is 13.2 Å². The number of nitrogens with zero attached hydrogens (tertiary/aromatic N) is 3. The van der Waals surface area contributed by atoms with Gasteiger partial charge in [-0.25, -0.2) is 9.18 Å². The van der Waals surface area contributed by atoms with E-state index in [2.05, 4.69) is 15.0 Å². The molecular formula is C23H27F3N6O2. The second-order valence-electron chi connectivity index (χ2n) is 7.49. The number of halogens is 3. The molecule has 1 aliphatic rings. The molecule has 1 aliphatic heterocycles. The summed E-state index contributed by atoms with van der Waals surface area (Å²) in [5.41, 5.74) is 1.42. The first-order valence-corrected chi connectivity index (χ1v) is 11.0. The van der Waals surface area contributed by atoms with Crippen molar-refractivity contribution in [2.75, 3.05) is 13.1 Å². The Morgan fingerprint density at radius 2 is 1.88 bits per heavy atom. The van der Waals surface area contributed by atoms with Gasteiger partial charge in [-0.2, -0.15) is 8.78 Å². The molecule has 182 valence electrons. The van der Waals surface area contributed by atoms with Crippen molar-refractivity contribution in [3.63, 3.8) is 0 Å². The maximum absolute atomic E-state index is 14.0. The van der Waals surface area contributed by atoms with Crippen LogP contribution in [-0.2, 0) is 11.3 Å². The van der Waals surface area contributed by atoms with Gasteiger partial charge in [-0.05, 0) is 56.3 Å². The fourth-order valence-corrected chi connectivity index (χ4v) is 3.85. The smallest absolute Gasteiger partial charge is 0.329 e. The van der Waals surface area contributed by atoms with Crippen molar-refractivity contribution in [1.29, 1.82) is 10.8 Å². The number of imidazole rings is 1. The van der Waals surface area contributed by atoms with Crippen molar-refractivity contribution in [1.82, 2.24) is 19.4 Å². The third kappa shape index (κ3) is 5.36. The van der Waals surface area contributed by atoms with Gasteiger partial charge in [0.2, 0.25) is 5.90 Å². The Labute approximate surface area is 194 Å². The topological polar surface area (TPSA) is 109 Å². The summed E-state index contributed by atoms with van der Waals surface area (Å²) in [4.78, 5) is 17.5. The third-order valence-corrected chi connectivity index (χ3v) is 5.42. The van der Waals surface area contributed by atoms with Crippen molar-refractivity contribution in [2.45, 2.75) is 45.7 Å². The van der Waals surface area contributed by atoms with Gasteiger partial charge in [0.1, 0.15) is 5.82 Å². The summed E-state index contributed by atoms with van der Waals surface area (Å²) in [5, 5.41) is 18.0. The fraction of sp³-hybridized carbons (Fsp3) is 0.391. The molecule has 1 aromatic carbocycles. The van der Waals surface area contributed by atoms with Gasteiger partial charge in [-0.1, -0.05) is 13.8 Å². The number of nitrogens with one attached hydrogen (secondary N) is 3. The predicted octanol–water partition coefficient (Wildman–Crippen LogP) is 3.92. The summed E-state index contributed by atoms with van der Waals surface area (Å²) in [6, 6.07) is 7.23. The number of rotatable bonds is 5. The fourth-order valence-electron chi connectivity index (χ4n) is 3.85. The lowest BCUT2D eigenvalue weighted by Crippen LogP contribution is -2.35. The highest BCUT2D eigenvalue weighted by Gasteiger charge is 2.23. The van der Waals surface area contributed by atoms with E-state index < -0.39 is 24.0 Å². The third-order valence-electron chi connectivity index (χ3n) is 5.42. The largest absolute Gasteiger partial charge is 0.419 e. The number of fused-ring (bicyclic) bond motifs is 1. The molecule has 0 spiro atoms. The molecule has 2 aromatic heterocycles. The van der Waals surface area contributed by atoms with E-state index in [0.29, 0.717) is 16.7 Å². The highest BCUT2D eigenvalue weighted by Crippen LogP contribution is 2.24. The van der Waals surface area contributed by atoms with Crippen LogP contribution in [0.25, 0.3) is 11.0 Å². The minimum atomic E-state index is -3.12. The van der Waals surface area contributed by atoms with Gasteiger partial charge in [0, 0.05) is 12.2 Å². The molecule has 3 heterocycles. The SMILES string of the molecule is CC.N=C(OC(=N)C(F)F)c1ccc(Cn2c(=O)n(C3CCNCC3)c3ccc(F)cc32)nc1. The van der Waals surface area contributed by atoms with E-state index in [1.165, 1.54) is 35.0 Å². The van der Waals surface area contributed by atoms with Crippen molar-refractivity contribution < 1.29 is 17.9 Å². The lowest BCUT2D eigenvalue weighted by molar-refractivity contribution is 0.197. The Morgan fingerprint density at radius 1 is 1.18 bits per heavy atom. The lowest BCUT2D eigenvalue weighted by Gasteiger charge is -2.23. The monoisotopic (exact) mass is 476 g/mol. The van der Waals surface area contributed by atoms with E-state index in [9.17, 15) is 18.0 Å². The number of alkyl halides is 2. The summed E-state index contributed by atoms with van der Waals surface area (Å²) in [6.07, 6.45) is -0.293. The molecule has 34 heavy (non-hydrogen) atoms. The summed E-state index contributed by atoms with van der Waals surface area (Å²) in [6.45, 7) is 5.66. The first kappa shape index (κ1) is 25.2. The first-order chi connectivity index (χ1) is 16.3. The molecular weight excluding hydrogens is 449 g/mol. The highest BCUT2D eigenvalue weighted by molar-refractivity contribution is 5.99. The van der Waals surface area contributed by atoms with Gasteiger partial charge < -0.3 is 10.1 Å². The second kappa shape index (κ2) is 11.1. The lowest BCUT2D eigenvalue weighted by atomic mass is 10.1. The quantitative estimate of drug-likeness (QED) is 0.383. The van der Waals surface area contributed by atoms with Crippen molar-refractivity contribution in [3.05, 3.63) is 64.1 Å². The summed E-state index contributed by atoms with van der Waals surface area (Å²) in [5.74, 6) is -2.40. The molecule has 3 aromatic rings. The van der Waals surface area contributed by atoms with Crippen LogP contribution >= 0.6 is 0 Å². The molecule has 0 aliphatic carbocycles. The Morgan fingerprint density at radius 3 is 2.50 bits per heavy atom. The first-order valence-electron chi connectivity index (χ1n) is 11.0. The maximum atomic E-state index is 14.0. The van der Waals surface area contributed by atoms with Crippen molar-refractivity contribution >= 4 is 22.8 Å². The molecule has 3 N–H and O–H groups in total. The second-order valence-corrected chi connectivity index (χ2v) is 7.49. The predicted molar refractivity (Wildman–Crippen MR) is 124 cm³/mol. The van der Waals surface area contributed by atoms with E-state index in [0.717, 1.165) is 25.9 Å². The number of hydrogen-bond acceptors (Lipinski definition) is 6. The zero-order chi connectivity index (χ0) is 24.8. The number of aromatic nitrogens is 3. The molecule has 4 rings (SSSR count). The van der Waals surface area contributed by atoms with Crippen LogP contribution in [-0.4, -0.2) is 45.4 Å². The summed E-state index contributed by atoms with van der Waals surface area (Å²) in [7, 11) is 0. The zero-order valence-electron chi connectivity index (χ0n) is 18.9. The van der Waals surface area contributed by atoms with E-state index in [1.807, 2.05) is 13.8 Å². The van der Waals surface area contributed by atoms with Gasteiger partial charge in [0.05, 0.1) is 28.8 Å². The Bertz CT molecular complexity index is 1210. The van der Waals surface area contributed by atoms with E-state index in [1.54, 1.807) is 10.6 Å². The van der Waals surface area contributed by atoms with Crippen LogP contribution in [0, 0.1) is 16.6 Å². The molecule has 8 nitrogen and oxygen atoms in total. The van der Waals surface area contributed by atoms with Crippen molar-refractivity contribution in [3.8, 4) is 0 Å². The van der Waals surface area contributed by atoms with E-state index in [4.69, 9.17) is 10.8 Å². The molecule has 0 amide bonds. The van der Waals surface area contributed by atoms with E-state index in [-0.39, 0.29) is 23.8 Å². The normalized spacial score (nSPS) is 14.1. The zero-order valence-corrected chi connectivity index (χ0v) is 18.9. The van der Waals surface area contributed by atoms with Crippen LogP contribution in [0.5, 0.6) is 0 Å². The Balaban J connectivity index is 0.00000158. The minimum absolute atomic E-state index is 0.0103. The van der Waals surface area contributed by atoms with Crippen LogP contribution < -0.4 is 11.0 Å². The van der Waals surface area contributed by atoms with E-state index >= 15 is 0 Å². The van der Waals surface area contributed by atoms with Crippen molar-refractivity contribution in [2.24, 2.45) is 0 Å². The number of piperidine rings is 1. The molecule has 0 bridgehead atoms. The van der Waals surface area contributed by atoms with Crippen LogP contribution in [0.3, 0.4) is 0 Å². The Hall–Kier alpha value is -3.47. The number of pyridine rings is 1. The van der Waals surface area contributed by atoms with Crippen LogP contribution in [0.15, 0.2) is 41.3 Å². The average Bonchev–Trinajstić information content (AvgIpc) is 3.11. The molecule has 0 atom stereocenters. The summed E-state index contributed by atoms with van der Waals surface area (Å²) >= 11 is 0. The number of benzene rings is 1. The summed E-state index contributed by atoms with van der Waals surface area (Å²) < 4.78 is 46.5. The maximum Gasteiger partial charge on any atom is 0.329 e. The van der Waals surface area contributed by atoms with Gasteiger partial charge in [0.15, 0.2) is 0 Å². The van der Waals surface area contributed by atoms with Gasteiger partial charge in [0.25, 0.3) is 5.90 Å². The average molecular weight is 477 g/mol. The molecule has 0 saturated carbocycles. The molecule has 1 fully saturated rings. The van der Waals surface area contributed by atoms with Gasteiger partial charge in [-0.15, -0.1) is 0 Å². The van der Waals surface area contributed by atoms with Gasteiger partial charge >= 0.3 is 12.1 Å². The number of hydrogen-bond donors (Lipinski definition) is 3. The Kier molecular flexibility index (Phi) is 8.21. The van der Waals surface area contributed by atoms with Crippen LogP contribution in [0.2, 0.25) is 0 Å². The molecule has 11 heteroatoms. The standard InChI is InChI=1S/C21H21F3N6O2.C2H6/c22-13-2-4-16-17(9-13)29(21(31)30(16)15-5-7-27-8-6-15)11-14-3-1-12(10-28-14)19(25)32-20(26)18(23)24;1-2/h1-4,9-10,15,18,25-27H,5-8,11H2;1-2H3. The molecule has 0 unspecified atom stereocenters. The number of ether oxygens (including phenoxy) is 1. The highest BCUT2D eigenvalue weighted by atomic mass is 19.3. The van der Waals surface area contributed by atoms with Crippen LogP contribution in [0.1, 0.15) is 44.0 Å². The molecule has 0 radical (unpaired) electrons. The molecule has 1 saturated heterocycles.